The molecule has 2 aromatic rings. The number of ether oxygens (including phenoxy) is 2. The van der Waals surface area contributed by atoms with E-state index in [2.05, 4.69) is 0 Å². The van der Waals surface area contributed by atoms with Crippen LogP contribution in [0.25, 0.3) is 0 Å². The zero-order chi connectivity index (χ0) is 30.2. The van der Waals surface area contributed by atoms with Crippen molar-refractivity contribution in [1.82, 2.24) is 0 Å². The molecule has 3 rings (SSSR count). The van der Waals surface area contributed by atoms with E-state index in [9.17, 15) is 36.0 Å². The Bertz CT molecular complexity index is 1540. The Morgan fingerprint density at radius 1 is 0.575 bits per heavy atom. The normalized spacial score (nSPS) is 14.7. The molecule has 0 saturated carbocycles. The molecule has 0 radical (unpaired) electrons. The second kappa shape index (κ2) is 11.3. The molecule has 0 amide bonds. The van der Waals surface area contributed by atoms with Crippen molar-refractivity contribution in [2.45, 2.75) is 63.5 Å². The van der Waals surface area contributed by atoms with Crippen LogP contribution in [0, 0.1) is 13.8 Å². The minimum Gasteiger partial charge on any atom is -0.459 e. The number of ketones is 2. The summed E-state index contributed by atoms with van der Waals surface area (Å²) in [6.45, 7) is 9.00. The van der Waals surface area contributed by atoms with Gasteiger partial charge in [0.25, 0.3) is 0 Å². The maximum Gasteiger partial charge on any atom is 0.343 e. The monoisotopic (exact) mass is 588 g/mol. The van der Waals surface area contributed by atoms with Crippen LogP contribution < -0.4 is 0 Å². The van der Waals surface area contributed by atoms with Crippen LogP contribution in [0.15, 0.2) is 79.3 Å². The van der Waals surface area contributed by atoms with Gasteiger partial charge in [0.15, 0.2) is 0 Å². The summed E-state index contributed by atoms with van der Waals surface area (Å²) >= 11 is 0. The van der Waals surface area contributed by atoms with E-state index < -0.39 is 86.1 Å². The molecule has 1 aliphatic carbocycles. The van der Waals surface area contributed by atoms with E-state index in [1.54, 1.807) is 13.8 Å². The summed E-state index contributed by atoms with van der Waals surface area (Å²) < 4.78 is 65.1. The van der Waals surface area contributed by atoms with Gasteiger partial charge in [0, 0.05) is 0 Å². The van der Waals surface area contributed by atoms with Crippen molar-refractivity contribution in [2.75, 3.05) is 0 Å². The quantitative estimate of drug-likeness (QED) is 0.255. The molecule has 0 spiro atoms. The van der Waals surface area contributed by atoms with Crippen LogP contribution >= 0.6 is 0 Å². The number of sulfone groups is 2. The number of carbonyl (C=O) groups excluding carboxylic acids is 4. The van der Waals surface area contributed by atoms with Gasteiger partial charge in [-0.15, -0.1) is 0 Å². The summed E-state index contributed by atoms with van der Waals surface area (Å²) in [5.74, 6) is -6.42. The Labute approximate surface area is 232 Å². The molecule has 0 N–H and O–H groups in total. The van der Waals surface area contributed by atoms with Crippen molar-refractivity contribution in [1.29, 1.82) is 0 Å². The molecule has 40 heavy (non-hydrogen) atoms. The van der Waals surface area contributed by atoms with Gasteiger partial charge < -0.3 is 9.47 Å². The summed E-state index contributed by atoms with van der Waals surface area (Å²) in [4.78, 5) is 50.5. The fourth-order valence-electron chi connectivity index (χ4n) is 3.76. The Morgan fingerprint density at radius 3 is 1.10 bits per heavy atom. The first-order valence-corrected chi connectivity index (χ1v) is 15.1. The zero-order valence-electron chi connectivity index (χ0n) is 22.7. The van der Waals surface area contributed by atoms with Crippen LogP contribution in [-0.2, 0) is 48.3 Å². The molecule has 0 aromatic heterocycles. The van der Waals surface area contributed by atoms with E-state index >= 15 is 0 Å². The van der Waals surface area contributed by atoms with E-state index in [0.29, 0.717) is 11.1 Å². The van der Waals surface area contributed by atoms with Gasteiger partial charge in [-0.3, -0.25) is 9.59 Å². The summed E-state index contributed by atoms with van der Waals surface area (Å²) in [6, 6.07) is 10.3. The van der Waals surface area contributed by atoms with Gasteiger partial charge in [-0.1, -0.05) is 35.4 Å². The first-order valence-electron chi connectivity index (χ1n) is 12.1. The molecule has 0 heterocycles. The number of carbonyl (C=O) groups is 4. The standard InChI is InChI=1S/C28H28O10S2/c1-15(2)37-27(31)21-23(29)26(40(35,36)20-13-9-18(6)10-14-20)22(28(32)38-16(3)4)24(30)25(21)39(33,34)19-11-7-17(5)8-12-19/h7-16H,1-6H3. The van der Waals surface area contributed by atoms with E-state index in [-0.39, 0.29) is 0 Å². The molecule has 0 fully saturated rings. The van der Waals surface area contributed by atoms with Gasteiger partial charge in [0.05, 0.1) is 22.0 Å². The second-order valence-electron chi connectivity index (χ2n) is 9.61. The molecule has 0 atom stereocenters. The Morgan fingerprint density at radius 2 is 0.850 bits per heavy atom. The number of esters is 2. The molecule has 1 aliphatic rings. The summed E-state index contributed by atoms with van der Waals surface area (Å²) in [5, 5.41) is 0. The maximum absolute atomic E-state index is 13.9. The lowest BCUT2D eigenvalue weighted by atomic mass is 9.96. The Kier molecular flexibility index (Phi) is 8.66. The highest BCUT2D eigenvalue weighted by molar-refractivity contribution is 7.97. The van der Waals surface area contributed by atoms with Gasteiger partial charge in [0.2, 0.25) is 31.2 Å². The summed E-state index contributed by atoms with van der Waals surface area (Å²) in [6.07, 6.45) is -1.75. The molecular weight excluding hydrogens is 560 g/mol. The number of allylic oxidation sites excluding steroid dienone is 2. The van der Waals surface area contributed by atoms with Crippen LogP contribution in [0.4, 0.5) is 0 Å². The molecule has 0 unspecified atom stereocenters. The largest absolute Gasteiger partial charge is 0.459 e. The second-order valence-corrected chi connectivity index (χ2v) is 13.4. The lowest BCUT2D eigenvalue weighted by molar-refractivity contribution is -0.146. The number of hydrogen-bond donors (Lipinski definition) is 0. The fourth-order valence-corrected chi connectivity index (χ4v) is 6.80. The van der Waals surface area contributed by atoms with Crippen molar-refractivity contribution >= 4 is 43.2 Å². The van der Waals surface area contributed by atoms with E-state index in [0.717, 1.165) is 24.3 Å². The van der Waals surface area contributed by atoms with Crippen molar-refractivity contribution in [3.05, 3.63) is 80.6 Å². The SMILES string of the molecule is Cc1ccc(S(=O)(=O)C2=C(C(=O)OC(C)C)C(=O)C(S(=O)(=O)c3ccc(C)cc3)=C(C(=O)OC(C)C)C2=O)cc1. The highest BCUT2D eigenvalue weighted by atomic mass is 32.2. The fraction of sp³-hybridized carbons (Fsp3) is 0.286. The maximum atomic E-state index is 13.9. The molecule has 10 nitrogen and oxygen atoms in total. The van der Waals surface area contributed by atoms with Gasteiger partial charge in [-0.2, -0.15) is 0 Å². The third-order valence-corrected chi connectivity index (χ3v) is 9.25. The first-order chi connectivity index (χ1) is 18.5. The third-order valence-electron chi connectivity index (χ3n) is 5.61. The molecule has 2 aromatic carbocycles. The van der Waals surface area contributed by atoms with Gasteiger partial charge in [0.1, 0.15) is 21.0 Å². The lowest BCUT2D eigenvalue weighted by Crippen LogP contribution is -2.38. The highest BCUT2D eigenvalue weighted by Crippen LogP contribution is 2.37. The van der Waals surface area contributed by atoms with Crippen molar-refractivity contribution in [2.24, 2.45) is 0 Å². The Balaban J connectivity index is 2.45. The molecule has 0 aliphatic heterocycles. The lowest BCUT2D eigenvalue weighted by Gasteiger charge is -2.23. The summed E-state index contributed by atoms with van der Waals surface area (Å²) in [7, 11) is -9.91. The van der Waals surface area contributed by atoms with Crippen LogP contribution in [0.5, 0.6) is 0 Å². The van der Waals surface area contributed by atoms with Crippen LogP contribution in [0.3, 0.4) is 0 Å². The van der Waals surface area contributed by atoms with Gasteiger partial charge in [-0.05, 0) is 65.8 Å². The average molecular weight is 589 g/mol. The first kappa shape index (κ1) is 30.6. The van der Waals surface area contributed by atoms with E-state index in [4.69, 9.17) is 9.47 Å². The number of hydrogen-bond acceptors (Lipinski definition) is 10. The topological polar surface area (TPSA) is 155 Å². The van der Waals surface area contributed by atoms with Crippen LogP contribution in [-0.4, -0.2) is 52.5 Å². The minimum absolute atomic E-state index is 0.467. The predicted octanol–water partition coefficient (Wildman–Crippen LogP) is 3.11. The van der Waals surface area contributed by atoms with Crippen molar-refractivity contribution < 1.29 is 45.5 Å². The number of benzene rings is 2. The van der Waals surface area contributed by atoms with Crippen LogP contribution in [0.1, 0.15) is 38.8 Å². The Hall–Kier alpha value is -3.90. The average Bonchev–Trinajstić information content (AvgIpc) is 2.83. The van der Waals surface area contributed by atoms with Gasteiger partial charge in [-0.25, -0.2) is 26.4 Å². The minimum atomic E-state index is -4.95. The van der Waals surface area contributed by atoms with Crippen molar-refractivity contribution in [3.8, 4) is 0 Å². The zero-order valence-corrected chi connectivity index (χ0v) is 24.3. The predicted molar refractivity (Wildman–Crippen MR) is 143 cm³/mol. The van der Waals surface area contributed by atoms with Crippen molar-refractivity contribution in [3.63, 3.8) is 0 Å². The smallest absolute Gasteiger partial charge is 0.343 e. The molecule has 212 valence electrons. The van der Waals surface area contributed by atoms with E-state index in [1.807, 2.05) is 0 Å². The number of Topliss-reactive ketones (excluding diaryl/α,β-unsaturated/α-hetero) is 2. The molecular formula is C28H28O10S2. The van der Waals surface area contributed by atoms with Crippen LogP contribution in [0.2, 0.25) is 0 Å². The highest BCUT2D eigenvalue weighted by Gasteiger charge is 2.51. The molecule has 0 bridgehead atoms. The van der Waals surface area contributed by atoms with E-state index in [1.165, 1.54) is 52.0 Å². The molecule has 0 saturated heterocycles. The third kappa shape index (κ3) is 5.82. The summed E-state index contributed by atoms with van der Waals surface area (Å²) in [5.41, 5.74) is -1.28. The molecule has 12 heteroatoms. The number of rotatable bonds is 8. The number of aryl methyl sites for hydroxylation is 2. The van der Waals surface area contributed by atoms with Gasteiger partial charge >= 0.3 is 11.9 Å².